The number of fused-ring (bicyclic) bond motifs is 2. The van der Waals surface area contributed by atoms with Gasteiger partial charge in [0.15, 0.2) is 11.5 Å². The fraction of sp³-hybridized carbons (Fsp3) is 0.333. The predicted octanol–water partition coefficient (Wildman–Crippen LogP) is 3.11. The standard InChI is InChI=1S/C27H28N4O4/c1-27(21-9-10-23-24(15-21)35-18-34-23)25(32)31(26(33)28-27)17-30-13-11-29(12-14-30)16-20-7-4-6-19-5-2-3-8-22(19)20/h2-10,15H,11-14,16-18H2,1H3,(H,28,33). The van der Waals surface area contributed by atoms with Crippen LogP contribution in [0, 0.1) is 0 Å². The molecule has 2 saturated heterocycles. The number of carbonyl (C=O) groups excluding carboxylic acids is 2. The molecule has 3 aromatic rings. The van der Waals surface area contributed by atoms with Gasteiger partial charge >= 0.3 is 6.03 Å². The number of piperazine rings is 1. The van der Waals surface area contributed by atoms with Gasteiger partial charge in [0.1, 0.15) is 5.54 Å². The molecule has 2 fully saturated rings. The van der Waals surface area contributed by atoms with Crippen molar-refractivity contribution >= 4 is 22.7 Å². The minimum Gasteiger partial charge on any atom is -0.454 e. The molecule has 0 spiro atoms. The molecule has 1 atom stereocenters. The van der Waals surface area contributed by atoms with Gasteiger partial charge in [-0.15, -0.1) is 0 Å². The highest BCUT2D eigenvalue weighted by molar-refractivity contribution is 6.07. The number of ether oxygens (including phenoxy) is 2. The lowest BCUT2D eigenvalue weighted by atomic mass is 9.92. The Morgan fingerprint density at radius 2 is 1.63 bits per heavy atom. The quantitative estimate of drug-likeness (QED) is 0.576. The molecule has 6 rings (SSSR count). The van der Waals surface area contributed by atoms with Gasteiger partial charge in [0.2, 0.25) is 6.79 Å². The summed E-state index contributed by atoms with van der Waals surface area (Å²) in [5.41, 5.74) is 0.876. The van der Waals surface area contributed by atoms with E-state index in [0.29, 0.717) is 17.1 Å². The van der Waals surface area contributed by atoms with Crippen LogP contribution in [-0.2, 0) is 16.9 Å². The van der Waals surface area contributed by atoms with Crippen LogP contribution in [-0.4, -0.2) is 66.3 Å². The number of carbonyl (C=O) groups is 2. The average molecular weight is 473 g/mol. The summed E-state index contributed by atoms with van der Waals surface area (Å²) < 4.78 is 10.8. The van der Waals surface area contributed by atoms with Crippen LogP contribution in [0.1, 0.15) is 18.1 Å². The van der Waals surface area contributed by atoms with Crippen molar-refractivity contribution in [1.82, 2.24) is 20.0 Å². The molecule has 35 heavy (non-hydrogen) atoms. The van der Waals surface area contributed by atoms with Crippen molar-refractivity contribution in [2.45, 2.75) is 19.0 Å². The van der Waals surface area contributed by atoms with Crippen LogP contribution < -0.4 is 14.8 Å². The largest absolute Gasteiger partial charge is 0.454 e. The molecule has 3 heterocycles. The van der Waals surface area contributed by atoms with Crippen LogP contribution in [0.5, 0.6) is 11.5 Å². The van der Waals surface area contributed by atoms with E-state index in [4.69, 9.17) is 9.47 Å². The number of hydrogen-bond donors (Lipinski definition) is 1. The topological polar surface area (TPSA) is 74.4 Å². The van der Waals surface area contributed by atoms with Crippen molar-refractivity contribution < 1.29 is 19.1 Å². The lowest BCUT2D eigenvalue weighted by Crippen LogP contribution is -2.51. The molecule has 3 amide bonds. The van der Waals surface area contributed by atoms with E-state index in [1.807, 2.05) is 0 Å². The Labute approximate surface area is 204 Å². The average Bonchev–Trinajstić information content (AvgIpc) is 3.43. The second-order valence-electron chi connectivity index (χ2n) is 9.53. The molecule has 0 aromatic heterocycles. The summed E-state index contributed by atoms with van der Waals surface area (Å²) in [6.07, 6.45) is 0. The van der Waals surface area contributed by atoms with Crippen LogP contribution in [0.2, 0.25) is 0 Å². The maximum absolute atomic E-state index is 13.4. The molecule has 8 heteroatoms. The Hall–Kier alpha value is -3.62. The zero-order chi connectivity index (χ0) is 24.0. The van der Waals surface area contributed by atoms with Crippen molar-refractivity contribution in [3.05, 3.63) is 71.8 Å². The van der Waals surface area contributed by atoms with Crippen LogP contribution in [0.3, 0.4) is 0 Å². The summed E-state index contributed by atoms with van der Waals surface area (Å²) in [6.45, 7) is 6.43. The minimum absolute atomic E-state index is 0.161. The number of nitrogens with one attached hydrogen (secondary N) is 1. The second kappa shape index (κ2) is 8.55. The van der Waals surface area contributed by atoms with Gasteiger partial charge < -0.3 is 14.8 Å². The van der Waals surface area contributed by atoms with E-state index in [1.165, 1.54) is 21.2 Å². The zero-order valence-electron chi connectivity index (χ0n) is 19.7. The molecule has 0 saturated carbocycles. The molecule has 0 aliphatic carbocycles. The Bertz CT molecular complexity index is 1300. The predicted molar refractivity (Wildman–Crippen MR) is 131 cm³/mol. The van der Waals surface area contributed by atoms with Crippen LogP contribution in [0.25, 0.3) is 10.8 Å². The molecule has 180 valence electrons. The first kappa shape index (κ1) is 21.9. The third kappa shape index (κ3) is 3.88. The number of urea groups is 1. The molecule has 0 radical (unpaired) electrons. The maximum atomic E-state index is 13.4. The van der Waals surface area contributed by atoms with Crippen molar-refractivity contribution in [3.8, 4) is 11.5 Å². The minimum atomic E-state index is -1.13. The van der Waals surface area contributed by atoms with Crippen LogP contribution in [0.15, 0.2) is 60.7 Å². The molecule has 0 bridgehead atoms. The SMILES string of the molecule is CC1(c2ccc3c(c2)OCO3)NC(=O)N(CN2CCN(Cc3cccc4ccccc34)CC2)C1=O. The highest BCUT2D eigenvalue weighted by Gasteiger charge is 2.49. The summed E-state index contributed by atoms with van der Waals surface area (Å²) >= 11 is 0. The number of benzene rings is 3. The fourth-order valence-electron chi connectivity index (χ4n) is 5.19. The number of nitrogens with zero attached hydrogens (tertiary/aromatic N) is 3. The molecule has 1 N–H and O–H groups in total. The summed E-state index contributed by atoms with van der Waals surface area (Å²) in [6, 6.07) is 19.9. The summed E-state index contributed by atoms with van der Waals surface area (Å²) in [5.74, 6) is 0.985. The smallest absolute Gasteiger partial charge is 0.326 e. The summed E-state index contributed by atoms with van der Waals surface area (Å²) in [7, 11) is 0. The van der Waals surface area contributed by atoms with E-state index < -0.39 is 5.54 Å². The third-order valence-electron chi connectivity index (χ3n) is 7.31. The molecular formula is C27H28N4O4. The molecule has 8 nitrogen and oxygen atoms in total. The highest BCUT2D eigenvalue weighted by Crippen LogP contribution is 2.38. The van der Waals surface area contributed by atoms with Crippen LogP contribution in [0.4, 0.5) is 4.79 Å². The van der Waals surface area contributed by atoms with Crippen molar-refractivity contribution in [3.63, 3.8) is 0 Å². The van der Waals surface area contributed by atoms with Crippen molar-refractivity contribution in [2.75, 3.05) is 39.6 Å². The molecule has 3 aliphatic heterocycles. The number of rotatable bonds is 5. The molecule has 3 aromatic carbocycles. The van der Waals surface area contributed by atoms with Gasteiger partial charge in [0, 0.05) is 32.7 Å². The first-order chi connectivity index (χ1) is 17.0. The number of amides is 3. The molecule has 1 unspecified atom stereocenters. The van der Waals surface area contributed by atoms with E-state index in [2.05, 4.69) is 57.6 Å². The second-order valence-corrected chi connectivity index (χ2v) is 9.53. The van der Waals surface area contributed by atoms with Crippen LogP contribution >= 0.6 is 0 Å². The Morgan fingerprint density at radius 3 is 2.49 bits per heavy atom. The first-order valence-corrected chi connectivity index (χ1v) is 12.0. The Balaban J connectivity index is 1.09. The van der Waals surface area contributed by atoms with Gasteiger partial charge in [-0.05, 0) is 41.0 Å². The number of imide groups is 1. The Morgan fingerprint density at radius 1 is 0.886 bits per heavy atom. The number of hydrogen-bond acceptors (Lipinski definition) is 6. The fourth-order valence-corrected chi connectivity index (χ4v) is 5.19. The summed E-state index contributed by atoms with van der Waals surface area (Å²) in [5, 5.41) is 5.44. The van der Waals surface area contributed by atoms with E-state index in [-0.39, 0.29) is 25.4 Å². The Kier molecular flexibility index (Phi) is 5.35. The van der Waals surface area contributed by atoms with Crippen molar-refractivity contribution in [1.29, 1.82) is 0 Å². The normalized spacial score (nSPS) is 22.7. The molecular weight excluding hydrogens is 444 g/mol. The zero-order valence-corrected chi connectivity index (χ0v) is 19.7. The van der Waals surface area contributed by atoms with Gasteiger partial charge in [-0.25, -0.2) is 9.69 Å². The highest BCUT2D eigenvalue weighted by atomic mass is 16.7. The first-order valence-electron chi connectivity index (χ1n) is 12.0. The van der Waals surface area contributed by atoms with Gasteiger partial charge in [-0.1, -0.05) is 48.5 Å². The van der Waals surface area contributed by atoms with E-state index >= 15 is 0 Å². The molecule has 3 aliphatic rings. The lowest BCUT2D eigenvalue weighted by Gasteiger charge is -2.36. The van der Waals surface area contributed by atoms with E-state index in [9.17, 15) is 9.59 Å². The van der Waals surface area contributed by atoms with E-state index in [1.54, 1.807) is 25.1 Å². The van der Waals surface area contributed by atoms with Crippen molar-refractivity contribution in [2.24, 2.45) is 0 Å². The van der Waals surface area contributed by atoms with E-state index in [0.717, 1.165) is 32.7 Å². The lowest BCUT2D eigenvalue weighted by molar-refractivity contribution is -0.132. The third-order valence-corrected chi connectivity index (χ3v) is 7.31. The monoisotopic (exact) mass is 472 g/mol. The van der Waals surface area contributed by atoms with Gasteiger partial charge in [-0.3, -0.25) is 14.6 Å². The summed E-state index contributed by atoms with van der Waals surface area (Å²) in [4.78, 5) is 32.1. The van der Waals surface area contributed by atoms with Gasteiger partial charge in [-0.2, -0.15) is 0 Å². The maximum Gasteiger partial charge on any atom is 0.326 e. The van der Waals surface area contributed by atoms with Gasteiger partial charge in [0.05, 0.1) is 6.67 Å². The van der Waals surface area contributed by atoms with Gasteiger partial charge in [0.25, 0.3) is 5.91 Å².